The van der Waals surface area contributed by atoms with Gasteiger partial charge in [0.2, 0.25) is 0 Å². The van der Waals surface area contributed by atoms with Crippen LogP contribution in [-0.2, 0) is 0 Å². The van der Waals surface area contributed by atoms with Crippen molar-refractivity contribution >= 4 is 75.1 Å². The minimum absolute atomic E-state index is 1.16. The second-order valence-electron chi connectivity index (χ2n) is 16.5. The fourth-order valence-electron chi connectivity index (χ4n) is 10.0. The number of para-hydroxylation sites is 1. The first-order chi connectivity index (χ1) is 31.2. The van der Waals surface area contributed by atoms with E-state index in [1.165, 1.54) is 114 Å². The van der Waals surface area contributed by atoms with Crippen LogP contribution in [0.1, 0.15) is 0 Å². The van der Waals surface area contributed by atoms with Gasteiger partial charge in [-0.15, -0.1) is 11.3 Å². The molecule has 294 valence electrons. The van der Waals surface area contributed by atoms with Crippen LogP contribution < -0.4 is 0 Å². The van der Waals surface area contributed by atoms with E-state index in [1.807, 2.05) is 11.3 Å². The minimum atomic E-state index is 1.16. The maximum atomic E-state index is 2.47. The van der Waals surface area contributed by atoms with E-state index in [0.717, 1.165) is 5.69 Å². The molecule has 3 heteroatoms. The van der Waals surface area contributed by atoms with Crippen LogP contribution in [0.2, 0.25) is 0 Å². The van der Waals surface area contributed by atoms with E-state index in [-0.39, 0.29) is 0 Å². The number of rotatable bonds is 6. The zero-order chi connectivity index (χ0) is 41.4. The Kier molecular flexibility index (Phi) is 8.12. The number of fused-ring (bicyclic) bond motifs is 9. The minimum Gasteiger partial charge on any atom is -0.309 e. The molecule has 0 spiro atoms. The van der Waals surface area contributed by atoms with Gasteiger partial charge < -0.3 is 9.13 Å². The van der Waals surface area contributed by atoms with Gasteiger partial charge >= 0.3 is 0 Å². The van der Waals surface area contributed by atoms with E-state index in [0.29, 0.717) is 0 Å². The van der Waals surface area contributed by atoms with Crippen molar-refractivity contribution in [2.24, 2.45) is 0 Å². The second-order valence-corrected chi connectivity index (χ2v) is 17.5. The summed E-state index contributed by atoms with van der Waals surface area (Å²) >= 11 is 1.86. The maximum Gasteiger partial charge on any atom is 0.0547 e. The van der Waals surface area contributed by atoms with Gasteiger partial charge in [0, 0.05) is 53.0 Å². The quantitative estimate of drug-likeness (QED) is 0.158. The largest absolute Gasteiger partial charge is 0.309 e. The Morgan fingerprint density at radius 1 is 0.270 bits per heavy atom. The van der Waals surface area contributed by atoms with Gasteiger partial charge in [0.25, 0.3) is 0 Å². The van der Waals surface area contributed by atoms with E-state index in [1.54, 1.807) is 0 Å². The third kappa shape index (κ3) is 5.71. The van der Waals surface area contributed by atoms with Crippen molar-refractivity contribution in [3.8, 4) is 55.9 Å². The summed E-state index contributed by atoms with van der Waals surface area (Å²) in [6, 6.07) is 84.7. The van der Waals surface area contributed by atoms with E-state index >= 15 is 0 Å². The molecule has 0 amide bonds. The molecule has 10 aromatic carbocycles. The number of hydrogen-bond donors (Lipinski definition) is 0. The Balaban J connectivity index is 1.02. The molecule has 0 bridgehead atoms. The molecule has 0 N–H and O–H groups in total. The van der Waals surface area contributed by atoms with E-state index in [4.69, 9.17) is 0 Å². The lowest BCUT2D eigenvalue weighted by Gasteiger charge is -2.16. The first-order valence-corrected chi connectivity index (χ1v) is 22.4. The standard InChI is InChI=1S/C60H38N2S/c1-4-15-39(16-5-1)42-27-31-54(49(35-42)41-19-8-3-9-20-41)62-53-24-12-10-21-47(53)50-36-43(28-32-55(50)62)44-29-33-56-52(37-44)60-46(40-17-6-2-7-18-40)23-14-25-57(60)61(56)45-30-34-59-51(38-45)48-22-11-13-26-58(48)63-59/h1-38H. The lowest BCUT2D eigenvalue weighted by molar-refractivity contribution is 1.18. The number of aromatic nitrogens is 2. The highest BCUT2D eigenvalue weighted by atomic mass is 32.1. The number of nitrogens with zero attached hydrogens (tertiary/aromatic N) is 2. The molecule has 13 rings (SSSR count). The van der Waals surface area contributed by atoms with Crippen molar-refractivity contribution in [2.45, 2.75) is 0 Å². The third-order valence-corrected chi connectivity index (χ3v) is 14.1. The lowest BCUT2D eigenvalue weighted by Crippen LogP contribution is -1.98. The molecular weight excluding hydrogens is 781 g/mol. The first-order valence-electron chi connectivity index (χ1n) is 21.6. The molecule has 3 heterocycles. The third-order valence-electron chi connectivity index (χ3n) is 12.9. The molecule has 3 aromatic heterocycles. The Labute approximate surface area is 368 Å². The summed E-state index contributed by atoms with van der Waals surface area (Å²) in [7, 11) is 0. The predicted octanol–water partition coefficient (Wildman–Crippen LogP) is 16.9. The molecule has 0 saturated carbocycles. The molecule has 63 heavy (non-hydrogen) atoms. The fourth-order valence-corrected chi connectivity index (χ4v) is 11.1. The normalized spacial score (nSPS) is 11.8. The molecule has 0 aliphatic heterocycles. The SMILES string of the molecule is c1ccc(-c2ccc(-n3c4ccccc4c4cc(-c5ccc6c(c5)c5c(-c7ccccc7)cccc5n6-c5ccc6sc7ccccc7c6c5)ccc43)c(-c3ccccc3)c2)cc1. The van der Waals surface area contributed by atoms with Gasteiger partial charge in [-0.1, -0.05) is 158 Å². The fraction of sp³-hybridized carbons (Fsp3) is 0. The van der Waals surface area contributed by atoms with Crippen molar-refractivity contribution in [3.63, 3.8) is 0 Å². The zero-order valence-corrected chi connectivity index (χ0v) is 35.1. The topological polar surface area (TPSA) is 9.86 Å². The van der Waals surface area contributed by atoms with Gasteiger partial charge in [-0.05, 0) is 112 Å². The molecule has 0 aliphatic carbocycles. The smallest absolute Gasteiger partial charge is 0.0547 e. The van der Waals surface area contributed by atoms with Gasteiger partial charge in [-0.2, -0.15) is 0 Å². The summed E-state index contributed by atoms with van der Waals surface area (Å²) in [5, 5.41) is 7.59. The Bertz CT molecular complexity index is 3890. The van der Waals surface area contributed by atoms with E-state index in [9.17, 15) is 0 Å². The summed E-state index contributed by atoms with van der Waals surface area (Å²) in [6.45, 7) is 0. The van der Waals surface area contributed by atoms with E-state index in [2.05, 4.69) is 240 Å². The van der Waals surface area contributed by atoms with Crippen LogP contribution in [0.3, 0.4) is 0 Å². The first kappa shape index (κ1) is 35.7. The van der Waals surface area contributed by atoms with Gasteiger partial charge in [0.15, 0.2) is 0 Å². The molecule has 0 atom stereocenters. The molecule has 13 aromatic rings. The molecular formula is C60H38N2S. The molecule has 0 saturated heterocycles. The predicted molar refractivity (Wildman–Crippen MR) is 270 cm³/mol. The second kappa shape index (κ2) is 14.3. The number of thiophene rings is 1. The molecule has 0 unspecified atom stereocenters. The summed E-state index contributed by atoms with van der Waals surface area (Å²) in [6.07, 6.45) is 0. The molecule has 0 radical (unpaired) electrons. The average Bonchev–Trinajstić information content (AvgIpc) is 4.01. The average molecular weight is 819 g/mol. The highest BCUT2D eigenvalue weighted by Crippen LogP contribution is 2.44. The van der Waals surface area contributed by atoms with Crippen LogP contribution >= 0.6 is 11.3 Å². The lowest BCUT2D eigenvalue weighted by atomic mass is 9.96. The van der Waals surface area contributed by atoms with Crippen LogP contribution in [0, 0.1) is 0 Å². The van der Waals surface area contributed by atoms with Gasteiger partial charge in [0.1, 0.15) is 0 Å². The highest BCUT2D eigenvalue weighted by molar-refractivity contribution is 7.25. The van der Waals surface area contributed by atoms with Crippen LogP contribution in [0.15, 0.2) is 231 Å². The van der Waals surface area contributed by atoms with Crippen LogP contribution in [0.25, 0.3) is 120 Å². The highest BCUT2D eigenvalue weighted by Gasteiger charge is 2.20. The molecule has 0 aliphatic rings. The van der Waals surface area contributed by atoms with Crippen molar-refractivity contribution in [1.29, 1.82) is 0 Å². The summed E-state index contributed by atoms with van der Waals surface area (Å²) in [4.78, 5) is 0. The number of hydrogen-bond acceptors (Lipinski definition) is 1. The maximum absolute atomic E-state index is 2.47. The van der Waals surface area contributed by atoms with Crippen LogP contribution in [0.5, 0.6) is 0 Å². The Morgan fingerprint density at radius 2 is 0.825 bits per heavy atom. The summed E-state index contributed by atoms with van der Waals surface area (Å²) in [5.74, 6) is 0. The monoisotopic (exact) mass is 818 g/mol. The zero-order valence-electron chi connectivity index (χ0n) is 34.2. The van der Waals surface area contributed by atoms with Crippen molar-refractivity contribution < 1.29 is 0 Å². The van der Waals surface area contributed by atoms with E-state index < -0.39 is 0 Å². The Hall–Kier alpha value is -7.98. The molecule has 2 nitrogen and oxygen atoms in total. The summed E-state index contributed by atoms with van der Waals surface area (Å²) < 4.78 is 7.56. The van der Waals surface area contributed by atoms with Gasteiger partial charge in [0.05, 0.1) is 27.8 Å². The van der Waals surface area contributed by atoms with Gasteiger partial charge in [-0.25, -0.2) is 0 Å². The van der Waals surface area contributed by atoms with Crippen molar-refractivity contribution in [3.05, 3.63) is 231 Å². The van der Waals surface area contributed by atoms with Gasteiger partial charge in [-0.3, -0.25) is 0 Å². The Morgan fingerprint density at radius 3 is 1.59 bits per heavy atom. The number of benzene rings is 10. The van der Waals surface area contributed by atoms with Crippen molar-refractivity contribution in [1.82, 2.24) is 9.13 Å². The van der Waals surface area contributed by atoms with Crippen LogP contribution in [0.4, 0.5) is 0 Å². The molecule has 0 fully saturated rings. The summed E-state index contributed by atoms with van der Waals surface area (Å²) in [5.41, 5.74) is 16.8. The van der Waals surface area contributed by atoms with Crippen LogP contribution in [-0.4, -0.2) is 9.13 Å². The van der Waals surface area contributed by atoms with Crippen molar-refractivity contribution in [2.75, 3.05) is 0 Å².